The average Bonchev–Trinajstić information content (AvgIpc) is 3.13. The molecule has 0 aliphatic carbocycles. The number of thiocarbonyl (C=S) groups is 1. The number of amides is 1. The number of anilines is 2. The van der Waals surface area contributed by atoms with Crippen LogP contribution < -0.4 is 15.4 Å². The molecular weight excluding hydrogens is 517 g/mol. The fourth-order valence-electron chi connectivity index (χ4n) is 4.51. The highest BCUT2D eigenvalue weighted by Crippen LogP contribution is 2.36. The minimum absolute atomic E-state index is 0.0113. The Morgan fingerprint density at radius 1 is 1.19 bits per heavy atom. The maximum Gasteiger partial charge on any atom is 0.323 e. The summed E-state index contributed by atoms with van der Waals surface area (Å²) in [7, 11) is 0. The first-order valence-corrected chi connectivity index (χ1v) is 12.8. The van der Waals surface area contributed by atoms with Gasteiger partial charge in [-0.1, -0.05) is 24.0 Å². The zero-order valence-electron chi connectivity index (χ0n) is 20.2. The molecule has 2 aliphatic rings. The molecule has 2 fully saturated rings. The number of thioether (sulfide) groups is 1. The lowest BCUT2D eigenvalue weighted by Gasteiger charge is -2.39. The van der Waals surface area contributed by atoms with Crippen LogP contribution in [0, 0.1) is 24.1 Å². The van der Waals surface area contributed by atoms with Crippen LogP contribution in [0.5, 0.6) is 0 Å². The van der Waals surface area contributed by atoms with Crippen molar-refractivity contribution < 1.29 is 19.1 Å². The molecule has 2 aromatic rings. The molecule has 0 bridgehead atoms. The molecule has 0 radical (unpaired) electrons. The second-order valence-corrected chi connectivity index (χ2v) is 10.2. The van der Waals surface area contributed by atoms with E-state index >= 15 is 0 Å². The van der Waals surface area contributed by atoms with Crippen molar-refractivity contribution in [1.82, 2.24) is 9.47 Å². The highest BCUT2D eigenvalue weighted by molar-refractivity contribution is 8.26. The third-order valence-corrected chi connectivity index (χ3v) is 7.75. The summed E-state index contributed by atoms with van der Waals surface area (Å²) in [6.07, 6.45) is 1.60. The Labute approximate surface area is 222 Å². The maximum atomic E-state index is 13.4. The lowest BCUT2D eigenvalue weighted by molar-refractivity contribution is -0.140. The normalized spacial score (nSPS) is 17.0. The number of hydrogen-bond acceptors (Lipinski definition) is 8. The third-order valence-electron chi connectivity index (χ3n) is 6.38. The van der Waals surface area contributed by atoms with E-state index in [1.807, 2.05) is 17.9 Å². The standard InChI is InChI=1S/C25H24FN5O4S2/c1-3-30-22(29-10-8-28(9-11-29)17-6-4-16(26)5-7-17)18(15(2)19(13-27)23(30)34)12-20-24(35)31(14-21(32)33)25(36)37-20/h4-7,12H,3,8-11,14H2,1-2H3,(H,32,33). The van der Waals surface area contributed by atoms with Crippen LogP contribution >= 0.6 is 24.0 Å². The molecule has 1 aromatic heterocycles. The molecule has 1 aromatic carbocycles. The summed E-state index contributed by atoms with van der Waals surface area (Å²) in [6.45, 7) is 5.56. The number of halogens is 1. The van der Waals surface area contributed by atoms with Crippen LogP contribution in [0.1, 0.15) is 23.6 Å². The Kier molecular flexibility index (Phi) is 7.65. The molecule has 3 heterocycles. The SMILES string of the molecule is CCn1c(N2CCN(c3ccc(F)cc3)CC2)c(C=C2SC(=S)N(CC(=O)O)C2=O)c(C)c(C#N)c1=O. The highest BCUT2D eigenvalue weighted by Gasteiger charge is 2.34. The van der Waals surface area contributed by atoms with Crippen molar-refractivity contribution in [2.24, 2.45) is 0 Å². The molecule has 12 heteroatoms. The summed E-state index contributed by atoms with van der Waals surface area (Å²) in [4.78, 5) is 42.8. The van der Waals surface area contributed by atoms with Crippen molar-refractivity contribution in [2.45, 2.75) is 20.4 Å². The molecule has 37 heavy (non-hydrogen) atoms. The van der Waals surface area contributed by atoms with Crippen LogP contribution in [0.25, 0.3) is 6.08 Å². The van der Waals surface area contributed by atoms with Crippen LogP contribution in [-0.2, 0) is 16.1 Å². The number of pyridine rings is 1. The minimum Gasteiger partial charge on any atom is -0.480 e. The third kappa shape index (κ3) is 5.10. The Bertz CT molecular complexity index is 1410. The summed E-state index contributed by atoms with van der Waals surface area (Å²) in [5.74, 6) is -1.43. The van der Waals surface area contributed by atoms with Crippen LogP contribution in [0.4, 0.5) is 15.9 Å². The van der Waals surface area contributed by atoms with E-state index in [-0.39, 0.29) is 20.6 Å². The van der Waals surface area contributed by atoms with Crippen LogP contribution in [0.15, 0.2) is 34.0 Å². The Morgan fingerprint density at radius 2 is 1.81 bits per heavy atom. The minimum atomic E-state index is -1.18. The fourth-order valence-corrected chi connectivity index (χ4v) is 5.75. The molecular formula is C25H24FN5O4S2. The quantitative estimate of drug-likeness (QED) is 0.436. The summed E-state index contributed by atoms with van der Waals surface area (Å²) in [6, 6.07) is 8.28. The number of piperazine rings is 1. The number of carbonyl (C=O) groups is 2. The van der Waals surface area contributed by atoms with E-state index < -0.39 is 24.0 Å². The first kappa shape index (κ1) is 26.4. The van der Waals surface area contributed by atoms with E-state index in [9.17, 15) is 24.0 Å². The first-order valence-electron chi connectivity index (χ1n) is 11.6. The molecule has 2 aliphatic heterocycles. The van der Waals surface area contributed by atoms with Gasteiger partial charge in [-0.15, -0.1) is 0 Å². The maximum absolute atomic E-state index is 13.4. The molecule has 1 amide bonds. The fraction of sp³-hybridized carbons (Fsp3) is 0.320. The molecule has 0 unspecified atom stereocenters. The van der Waals surface area contributed by atoms with Crippen molar-refractivity contribution in [3.8, 4) is 6.07 Å². The van der Waals surface area contributed by atoms with Crippen LogP contribution in [0.2, 0.25) is 0 Å². The number of carboxylic acid groups (broad SMARTS) is 1. The number of rotatable bonds is 6. The average molecular weight is 542 g/mol. The largest absolute Gasteiger partial charge is 0.480 e. The molecule has 192 valence electrons. The van der Waals surface area contributed by atoms with Gasteiger partial charge in [0, 0.05) is 44.0 Å². The van der Waals surface area contributed by atoms with Gasteiger partial charge < -0.3 is 14.9 Å². The molecule has 0 atom stereocenters. The second-order valence-electron chi connectivity index (χ2n) is 8.51. The zero-order valence-corrected chi connectivity index (χ0v) is 21.9. The van der Waals surface area contributed by atoms with Gasteiger partial charge in [0.15, 0.2) is 0 Å². The van der Waals surface area contributed by atoms with E-state index in [2.05, 4.69) is 4.90 Å². The van der Waals surface area contributed by atoms with E-state index in [0.29, 0.717) is 49.7 Å². The predicted molar refractivity (Wildman–Crippen MR) is 144 cm³/mol. The van der Waals surface area contributed by atoms with Gasteiger partial charge in [-0.05, 0) is 49.8 Å². The summed E-state index contributed by atoms with van der Waals surface area (Å²) >= 11 is 6.21. The Morgan fingerprint density at radius 3 is 2.38 bits per heavy atom. The number of nitrogens with zero attached hydrogens (tertiary/aromatic N) is 5. The zero-order chi connectivity index (χ0) is 26.9. The first-order chi connectivity index (χ1) is 17.7. The predicted octanol–water partition coefficient (Wildman–Crippen LogP) is 2.80. The molecule has 1 N–H and O–H groups in total. The van der Waals surface area contributed by atoms with Crippen molar-refractivity contribution in [1.29, 1.82) is 5.26 Å². The van der Waals surface area contributed by atoms with E-state index in [1.165, 1.54) is 16.7 Å². The monoisotopic (exact) mass is 541 g/mol. The highest BCUT2D eigenvalue weighted by atomic mass is 32.2. The molecule has 9 nitrogen and oxygen atoms in total. The number of hydrogen-bond donors (Lipinski definition) is 1. The van der Waals surface area contributed by atoms with Crippen molar-refractivity contribution in [3.63, 3.8) is 0 Å². The van der Waals surface area contributed by atoms with Gasteiger partial charge in [0.05, 0.1) is 4.91 Å². The Balaban J connectivity index is 1.76. The molecule has 4 rings (SSSR count). The lowest BCUT2D eigenvalue weighted by Crippen LogP contribution is -2.48. The number of aromatic nitrogens is 1. The summed E-state index contributed by atoms with van der Waals surface area (Å²) < 4.78 is 15.0. The van der Waals surface area contributed by atoms with Gasteiger partial charge in [-0.2, -0.15) is 5.26 Å². The van der Waals surface area contributed by atoms with E-state index in [0.717, 1.165) is 22.3 Å². The van der Waals surface area contributed by atoms with E-state index in [1.54, 1.807) is 25.1 Å². The van der Waals surface area contributed by atoms with Gasteiger partial charge in [0.2, 0.25) is 0 Å². The van der Waals surface area contributed by atoms with Crippen molar-refractivity contribution in [2.75, 3.05) is 42.5 Å². The lowest BCUT2D eigenvalue weighted by atomic mass is 10.0. The number of benzene rings is 1. The smallest absolute Gasteiger partial charge is 0.323 e. The van der Waals surface area contributed by atoms with Crippen LogP contribution in [0.3, 0.4) is 0 Å². The van der Waals surface area contributed by atoms with E-state index in [4.69, 9.17) is 17.3 Å². The van der Waals surface area contributed by atoms with Crippen LogP contribution in [-0.4, -0.2) is 63.5 Å². The molecule has 2 saturated heterocycles. The summed E-state index contributed by atoms with van der Waals surface area (Å²) in [5, 5.41) is 18.9. The van der Waals surface area contributed by atoms with Crippen molar-refractivity contribution >= 4 is 57.8 Å². The number of carbonyl (C=O) groups excluding carboxylic acids is 1. The number of carboxylic acids is 1. The Hall–Kier alpha value is -3.69. The molecule has 0 saturated carbocycles. The van der Waals surface area contributed by atoms with Gasteiger partial charge in [-0.25, -0.2) is 4.39 Å². The topological polar surface area (TPSA) is 110 Å². The van der Waals surface area contributed by atoms with Gasteiger partial charge in [0.25, 0.3) is 11.5 Å². The number of nitriles is 1. The van der Waals surface area contributed by atoms with Gasteiger partial charge >= 0.3 is 5.97 Å². The van der Waals surface area contributed by atoms with Crippen molar-refractivity contribution in [3.05, 3.63) is 62.0 Å². The summed E-state index contributed by atoms with van der Waals surface area (Å²) in [5.41, 5.74) is 1.46. The second kappa shape index (κ2) is 10.7. The van der Waals surface area contributed by atoms with Gasteiger partial charge in [0.1, 0.15) is 34.1 Å². The molecule has 0 spiro atoms. The van der Waals surface area contributed by atoms with Gasteiger partial charge in [-0.3, -0.25) is 23.9 Å². The number of aliphatic carboxylic acids is 1.